The maximum Gasteiger partial charge on any atom is 0.226 e. The van der Waals surface area contributed by atoms with E-state index in [1.54, 1.807) is 6.07 Å². The van der Waals surface area contributed by atoms with Crippen LogP contribution in [-0.2, 0) is 6.42 Å². The molecule has 0 fully saturated rings. The number of hydrogen-bond acceptors (Lipinski definition) is 4. The van der Waals surface area contributed by atoms with E-state index in [2.05, 4.69) is 25.8 Å². The van der Waals surface area contributed by atoms with E-state index in [9.17, 15) is 0 Å². The van der Waals surface area contributed by atoms with Crippen LogP contribution >= 0.6 is 47.2 Å². The van der Waals surface area contributed by atoms with Crippen LogP contribution in [0.2, 0.25) is 10.0 Å². The number of hydrogen-bond donors (Lipinski definition) is 2. The number of halogens is 3. The van der Waals surface area contributed by atoms with E-state index in [4.69, 9.17) is 27.7 Å². The van der Waals surface area contributed by atoms with Crippen LogP contribution in [-0.4, -0.2) is 29.2 Å². The Labute approximate surface area is 181 Å². The second kappa shape index (κ2) is 11.6. The molecule has 1 atom stereocenters. The quantitative estimate of drug-likeness (QED) is 0.247. The predicted molar refractivity (Wildman–Crippen MR) is 117 cm³/mol. The first kappa shape index (κ1) is 23.0. The third kappa shape index (κ3) is 7.28. The molecule has 1 aromatic heterocycles. The van der Waals surface area contributed by atoms with E-state index >= 15 is 0 Å². The second-order valence-corrected chi connectivity index (χ2v) is 6.48. The number of benzene rings is 1. The number of aromatic nitrogens is 2. The summed E-state index contributed by atoms with van der Waals surface area (Å²) in [7, 11) is 0. The molecule has 1 aromatic carbocycles. The fourth-order valence-corrected chi connectivity index (χ4v) is 2.89. The summed E-state index contributed by atoms with van der Waals surface area (Å²) >= 11 is 12.2. The molecule has 26 heavy (non-hydrogen) atoms. The van der Waals surface area contributed by atoms with Gasteiger partial charge in [-0.2, -0.15) is 4.98 Å². The summed E-state index contributed by atoms with van der Waals surface area (Å²) in [6.45, 7) is 7.29. The van der Waals surface area contributed by atoms with Gasteiger partial charge >= 0.3 is 0 Å². The minimum Gasteiger partial charge on any atom is -0.357 e. The minimum atomic E-state index is 0. The molecule has 0 saturated carbocycles. The van der Waals surface area contributed by atoms with Crippen LogP contribution in [0, 0.1) is 6.92 Å². The third-order valence-corrected chi connectivity index (χ3v) is 4.08. The van der Waals surface area contributed by atoms with Gasteiger partial charge in [0.2, 0.25) is 5.89 Å². The van der Waals surface area contributed by atoms with Crippen molar-refractivity contribution < 1.29 is 4.52 Å². The molecule has 0 bridgehead atoms. The SMILES string of the molecule is CCNC(=NCCCc1nc(C)no1)NC(C)c1ccc(Cl)cc1Cl.I. The Morgan fingerprint density at radius 3 is 2.73 bits per heavy atom. The lowest BCUT2D eigenvalue weighted by Crippen LogP contribution is -2.38. The van der Waals surface area contributed by atoms with Crippen molar-refractivity contribution in [2.24, 2.45) is 4.99 Å². The monoisotopic (exact) mass is 511 g/mol. The smallest absolute Gasteiger partial charge is 0.226 e. The molecular formula is C17H24Cl2IN5O. The van der Waals surface area contributed by atoms with Crippen molar-refractivity contribution in [1.82, 2.24) is 20.8 Å². The first-order chi connectivity index (χ1) is 12.0. The fraction of sp³-hybridized carbons (Fsp3) is 0.471. The Hall–Kier alpha value is -1.06. The molecule has 6 nitrogen and oxygen atoms in total. The normalized spacial score (nSPS) is 12.4. The Kier molecular flexibility index (Phi) is 10.3. The van der Waals surface area contributed by atoms with Crippen LogP contribution < -0.4 is 10.6 Å². The topological polar surface area (TPSA) is 75.3 Å². The highest BCUT2D eigenvalue weighted by Crippen LogP contribution is 2.25. The zero-order chi connectivity index (χ0) is 18.2. The molecule has 1 heterocycles. The first-order valence-corrected chi connectivity index (χ1v) is 9.04. The Morgan fingerprint density at radius 2 is 2.12 bits per heavy atom. The summed E-state index contributed by atoms with van der Waals surface area (Å²) in [4.78, 5) is 8.77. The zero-order valence-electron chi connectivity index (χ0n) is 15.1. The molecule has 2 rings (SSSR count). The maximum atomic E-state index is 6.27. The van der Waals surface area contributed by atoms with Crippen LogP contribution in [0.5, 0.6) is 0 Å². The van der Waals surface area contributed by atoms with Gasteiger partial charge in [0, 0.05) is 29.6 Å². The van der Waals surface area contributed by atoms with Gasteiger partial charge in [0.1, 0.15) is 0 Å². The minimum absolute atomic E-state index is 0. The fourth-order valence-electron chi connectivity index (χ4n) is 2.32. The highest BCUT2D eigenvalue weighted by Gasteiger charge is 2.11. The molecule has 1 unspecified atom stereocenters. The first-order valence-electron chi connectivity index (χ1n) is 8.28. The molecule has 0 radical (unpaired) electrons. The lowest BCUT2D eigenvalue weighted by Gasteiger charge is -2.19. The summed E-state index contributed by atoms with van der Waals surface area (Å²) in [5.41, 5.74) is 0.970. The predicted octanol–water partition coefficient (Wildman–Crippen LogP) is 4.55. The van der Waals surface area contributed by atoms with Crippen LogP contribution in [0.1, 0.15) is 43.6 Å². The molecule has 2 N–H and O–H groups in total. The van der Waals surface area contributed by atoms with E-state index < -0.39 is 0 Å². The van der Waals surface area contributed by atoms with Gasteiger partial charge in [-0.1, -0.05) is 34.4 Å². The molecule has 0 spiro atoms. The molecule has 2 aromatic rings. The van der Waals surface area contributed by atoms with E-state index in [1.807, 2.05) is 32.9 Å². The summed E-state index contributed by atoms with van der Waals surface area (Å²) in [6.07, 6.45) is 1.54. The maximum absolute atomic E-state index is 6.27. The van der Waals surface area contributed by atoms with Crippen molar-refractivity contribution in [2.45, 2.75) is 39.7 Å². The number of aliphatic imine (C=N–C) groups is 1. The molecule has 9 heteroatoms. The van der Waals surface area contributed by atoms with E-state index in [0.717, 1.165) is 24.5 Å². The Morgan fingerprint density at radius 1 is 1.35 bits per heavy atom. The van der Waals surface area contributed by atoms with E-state index in [0.29, 0.717) is 34.7 Å². The van der Waals surface area contributed by atoms with Crippen LogP contribution in [0.25, 0.3) is 0 Å². The molecule has 0 aliphatic rings. The molecule has 0 aliphatic carbocycles. The largest absolute Gasteiger partial charge is 0.357 e. The summed E-state index contributed by atoms with van der Waals surface area (Å²) in [6, 6.07) is 5.50. The Balaban J connectivity index is 0.00000338. The highest BCUT2D eigenvalue weighted by molar-refractivity contribution is 14.0. The van der Waals surface area contributed by atoms with Crippen LogP contribution in [0.3, 0.4) is 0 Å². The molecular weight excluding hydrogens is 488 g/mol. The van der Waals surface area contributed by atoms with Crippen molar-refractivity contribution in [3.63, 3.8) is 0 Å². The third-order valence-electron chi connectivity index (χ3n) is 3.51. The van der Waals surface area contributed by atoms with Gasteiger partial charge in [0.05, 0.1) is 6.04 Å². The molecule has 0 amide bonds. The van der Waals surface area contributed by atoms with Crippen LogP contribution in [0.4, 0.5) is 0 Å². The van der Waals surface area contributed by atoms with Gasteiger partial charge in [-0.05, 0) is 44.9 Å². The van der Waals surface area contributed by atoms with E-state index in [-0.39, 0.29) is 30.0 Å². The molecule has 0 aliphatic heterocycles. The number of nitrogens with zero attached hydrogens (tertiary/aromatic N) is 3. The van der Waals surface area contributed by atoms with Crippen molar-refractivity contribution >= 4 is 53.1 Å². The average Bonchev–Trinajstić information content (AvgIpc) is 2.97. The lowest BCUT2D eigenvalue weighted by atomic mass is 10.1. The van der Waals surface area contributed by atoms with Gasteiger partial charge in [0.15, 0.2) is 11.8 Å². The number of nitrogens with one attached hydrogen (secondary N) is 2. The van der Waals surface area contributed by atoms with Crippen molar-refractivity contribution in [3.8, 4) is 0 Å². The van der Waals surface area contributed by atoms with Crippen molar-refractivity contribution in [3.05, 3.63) is 45.5 Å². The lowest BCUT2D eigenvalue weighted by molar-refractivity contribution is 0.372. The van der Waals surface area contributed by atoms with Gasteiger partial charge in [-0.3, -0.25) is 4.99 Å². The standard InChI is InChI=1S/C17H23Cl2N5O.HI/c1-4-20-17(21-9-5-6-16-23-12(3)24-25-16)22-11(2)14-8-7-13(18)10-15(14)19;/h7-8,10-11H,4-6,9H2,1-3H3,(H2,20,21,22);1H. The van der Waals surface area contributed by atoms with E-state index in [1.165, 1.54) is 0 Å². The van der Waals surface area contributed by atoms with Gasteiger partial charge in [-0.25, -0.2) is 0 Å². The Bertz CT molecular complexity index is 723. The zero-order valence-corrected chi connectivity index (χ0v) is 18.9. The van der Waals surface area contributed by atoms with Crippen LogP contribution in [0.15, 0.2) is 27.7 Å². The van der Waals surface area contributed by atoms with Gasteiger partial charge in [0.25, 0.3) is 0 Å². The summed E-state index contributed by atoms with van der Waals surface area (Å²) in [5, 5.41) is 11.6. The average molecular weight is 512 g/mol. The molecule has 144 valence electrons. The number of aryl methyl sites for hydroxylation is 2. The van der Waals surface area contributed by atoms with Crippen molar-refractivity contribution in [2.75, 3.05) is 13.1 Å². The number of rotatable bonds is 7. The van der Waals surface area contributed by atoms with Crippen molar-refractivity contribution in [1.29, 1.82) is 0 Å². The molecule has 0 saturated heterocycles. The summed E-state index contributed by atoms with van der Waals surface area (Å²) in [5.74, 6) is 2.04. The van der Waals surface area contributed by atoms with Gasteiger partial charge in [-0.15, -0.1) is 24.0 Å². The second-order valence-electron chi connectivity index (χ2n) is 5.63. The number of guanidine groups is 1. The van der Waals surface area contributed by atoms with Gasteiger partial charge < -0.3 is 15.2 Å². The highest BCUT2D eigenvalue weighted by atomic mass is 127. The summed E-state index contributed by atoms with van der Waals surface area (Å²) < 4.78 is 5.10.